The molecule has 1 saturated heterocycles. The number of amides is 1. The van der Waals surface area contributed by atoms with Crippen molar-refractivity contribution in [2.24, 2.45) is 0 Å². The Morgan fingerprint density at radius 1 is 1.03 bits per heavy atom. The van der Waals surface area contributed by atoms with Gasteiger partial charge < -0.3 is 15.1 Å². The molecule has 156 valence electrons. The summed E-state index contributed by atoms with van der Waals surface area (Å²) in [7, 11) is 0.231. The predicted molar refractivity (Wildman–Crippen MR) is 116 cm³/mol. The maximum Gasteiger partial charge on any atom is 0.255 e. The van der Waals surface area contributed by atoms with Gasteiger partial charge in [0.15, 0.2) is 0 Å². The first-order valence-corrected chi connectivity index (χ1v) is 11.2. The molecule has 8 heteroatoms. The van der Waals surface area contributed by atoms with E-state index in [9.17, 15) is 13.2 Å². The van der Waals surface area contributed by atoms with E-state index in [4.69, 9.17) is 0 Å². The van der Waals surface area contributed by atoms with E-state index >= 15 is 0 Å². The molecule has 1 amide bonds. The second-order valence-corrected chi connectivity index (χ2v) is 9.20. The summed E-state index contributed by atoms with van der Waals surface area (Å²) >= 11 is 0. The van der Waals surface area contributed by atoms with Gasteiger partial charge in [-0.3, -0.25) is 4.79 Å². The fourth-order valence-electron chi connectivity index (χ4n) is 3.30. The zero-order valence-corrected chi connectivity index (χ0v) is 17.9. The molecule has 0 radical (unpaired) electrons. The molecule has 0 aliphatic carbocycles. The second-order valence-electron chi connectivity index (χ2n) is 7.27. The first kappa shape index (κ1) is 21.3. The van der Waals surface area contributed by atoms with Crippen molar-refractivity contribution in [3.63, 3.8) is 0 Å². The van der Waals surface area contributed by atoms with E-state index in [1.807, 2.05) is 31.1 Å². The van der Waals surface area contributed by atoms with Crippen LogP contribution in [0.15, 0.2) is 53.4 Å². The minimum atomic E-state index is -3.59. The number of hydrogen-bond acceptors (Lipinski definition) is 5. The van der Waals surface area contributed by atoms with Gasteiger partial charge >= 0.3 is 0 Å². The van der Waals surface area contributed by atoms with Crippen LogP contribution < -0.4 is 10.2 Å². The summed E-state index contributed by atoms with van der Waals surface area (Å²) in [4.78, 5) is 17.0. The predicted octanol–water partition coefficient (Wildman–Crippen LogP) is 2.33. The summed E-state index contributed by atoms with van der Waals surface area (Å²) in [5.74, 6) is -0.278. The van der Waals surface area contributed by atoms with Crippen LogP contribution >= 0.6 is 0 Å². The lowest BCUT2D eigenvalue weighted by molar-refractivity contribution is 0.102. The van der Waals surface area contributed by atoms with Crippen molar-refractivity contribution in [1.29, 1.82) is 0 Å². The number of anilines is 2. The van der Waals surface area contributed by atoms with Crippen LogP contribution in [0.4, 0.5) is 11.4 Å². The van der Waals surface area contributed by atoms with Gasteiger partial charge in [-0.2, -0.15) is 4.31 Å². The Hall–Kier alpha value is -2.42. The van der Waals surface area contributed by atoms with Crippen molar-refractivity contribution >= 4 is 27.3 Å². The minimum absolute atomic E-state index is 0.197. The molecular weight excluding hydrogens is 388 g/mol. The molecule has 29 heavy (non-hydrogen) atoms. The van der Waals surface area contributed by atoms with Gasteiger partial charge in [-0.15, -0.1) is 0 Å². The fourth-order valence-corrected chi connectivity index (χ4v) is 4.77. The highest BCUT2D eigenvalue weighted by Gasteiger charge is 2.28. The molecule has 0 saturated carbocycles. The number of hydrogen-bond donors (Lipinski definition) is 1. The summed E-state index contributed by atoms with van der Waals surface area (Å²) in [5.41, 5.74) is 1.89. The van der Waals surface area contributed by atoms with Crippen LogP contribution in [-0.4, -0.2) is 70.3 Å². The molecule has 1 fully saturated rings. The van der Waals surface area contributed by atoms with E-state index in [1.54, 1.807) is 30.3 Å². The monoisotopic (exact) mass is 416 g/mol. The number of rotatable bonds is 6. The maximum absolute atomic E-state index is 13.0. The molecular formula is C21H28N4O3S. The zero-order chi connectivity index (χ0) is 21.0. The molecule has 1 heterocycles. The largest absolute Gasteiger partial charge is 0.378 e. The van der Waals surface area contributed by atoms with Gasteiger partial charge in [-0.05, 0) is 42.9 Å². The first-order chi connectivity index (χ1) is 13.8. The second kappa shape index (κ2) is 8.94. The van der Waals surface area contributed by atoms with E-state index in [0.29, 0.717) is 24.3 Å². The molecule has 1 aliphatic rings. The average molecular weight is 417 g/mol. The lowest BCUT2D eigenvalue weighted by Crippen LogP contribution is -2.48. The van der Waals surface area contributed by atoms with Gasteiger partial charge in [0.2, 0.25) is 10.0 Å². The Kier molecular flexibility index (Phi) is 6.56. The molecule has 1 aliphatic heterocycles. The Bertz CT molecular complexity index is 967. The highest BCUT2D eigenvalue weighted by molar-refractivity contribution is 7.89. The van der Waals surface area contributed by atoms with Gasteiger partial charge in [0, 0.05) is 57.2 Å². The Morgan fingerprint density at radius 2 is 1.72 bits per heavy atom. The molecule has 0 bridgehead atoms. The van der Waals surface area contributed by atoms with E-state index < -0.39 is 10.0 Å². The van der Waals surface area contributed by atoms with Gasteiger partial charge in [0.25, 0.3) is 5.91 Å². The van der Waals surface area contributed by atoms with Crippen LogP contribution in [-0.2, 0) is 10.0 Å². The molecule has 2 aromatic carbocycles. The lowest BCUT2D eigenvalue weighted by Gasteiger charge is -2.33. The number of carbonyl (C=O) groups is 1. The number of carbonyl (C=O) groups excluding carboxylic acids is 1. The zero-order valence-electron chi connectivity index (χ0n) is 17.1. The van der Waals surface area contributed by atoms with Gasteiger partial charge in [0.05, 0.1) is 4.90 Å². The molecule has 0 unspecified atom stereocenters. The average Bonchev–Trinajstić information content (AvgIpc) is 2.74. The summed E-state index contributed by atoms with van der Waals surface area (Å²) < 4.78 is 27.5. The normalized spacial score (nSPS) is 15.8. The molecule has 7 nitrogen and oxygen atoms in total. The van der Waals surface area contributed by atoms with E-state index in [0.717, 1.165) is 25.3 Å². The summed E-state index contributed by atoms with van der Waals surface area (Å²) in [5, 5.41) is 2.81. The van der Waals surface area contributed by atoms with Crippen LogP contribution in [0.2, 0.25) is 0 Å². The topological polar surface area (TPSA) is 73.0 Å². The summed E-state index contributed by atoms with van der Waals surface area (Å²) in [6, 6.07) is 13.7. The van der Waals surface area contributed by atoms with Crippen molar-refractivity contribution in [2.45, 2.75) is 11.8 Å². The fraction of sp³-hybridized carbons (Fsp3) is 0.381. The van der Waals surface area contributed by atoms with Gasteiger partial charge in [-0.1, -0.05) is 19.1 Å². The first-order valence-electron chi connectivity index (χ1n) is 9.72. The highest BCUT2D eigenvalue weighted by Crippen LogP contribution is 2.22. The number of piperazine rings is 1. The molecule has 3 rings (SSSR count). The van der Waals surface area contributed by atoms with Gasteiger partial charge in [-0.25, -0.2) is 8.42 Å². The highest BCUT2D eigenvalue weighted by atomic mass is 32.2. The number of likely N-dealkylation sites (N-methyl/N-ethyl adjacent to an activating group) is 1. The Labute approximate surface area is 173 Å². The van der Waals surface area contributed by atoms with Crippen molar-refractivity contribution in [1.82, 2.24) is 9.21 Å². The third-order valence-electron chi connectivity index (χ3n) is 5.13. The third-order valence-corrected chi connectivity index (χ3v) is 7.03. The van der Waals surface area contributed by atoms with Crippen LogP contribution in [0.5, 0.6) is 0 Å². The molecule has 0 atom stereocenters. The summed E-state index contributed by atoms with van der Waals surface area (Å²) in [6.07, 6.45) is 0. The van der Waals surface area contributed by atoms with Crippen molar-refractivity contribution < 1.29 is 13.2 Å². The molecule has 2 aromatic rings. The van der Waals surface area contributed by atoms with Crippen LogP contribution in [0.3, 0.4) is 0 Å². The number of nitrogens with zero attached hydrogens (tertiary/aromatic N) is 3. The Morgan fingerprint density at radius 3 is 2.38 bits per heavy atom. The molecule has 1 N–H and O–H groups in total. The minimum Gasteiger partial charge on any atom is -0.378 e. The van der Waals surface area contributed by atoms with Crippen LogP contribution in [0.25, 0.3) is 0 Å². The number of sulfonamides is 1. The van der Waals surface area contributed by atoms with Crippen LogP contribution in [0.1, 0.15) is 17.3 Å². The SMILES string of the molecule is CCN1CCN(S(=O)(=O)c2cccc(NC(=O)c3cccc(N(C)C)c3)c2)CC1. The van der Waals surface area contributed by atoms with E-state index in [2.05, 4.69) is 17.1 Å². The molecule has 0 spiro atoms. The van der Waals surface area contributed by atoms with Crippen LogP contribution in [0, 0.1) is 0 Å². The van der Waals surface area contributed by atoms with Crippen molar-refractivity contribution in [2.75, 3.05) is 57.0 Å². The lowest BCUT2D eigenvalue weighted by atomic mass is 10.1. The van der Waals surface area contributed by atoms with E-state index in [-0.39, 0.29) is 10.8 Å². The van der Waals surface area contributed by atoms with Gasteiger partial charge in [0.1, 0.15) is 0 Å². The standard InChI is InChI=1S/C21H28N4O3S/c1-4-24-11-13-25(14-12-24)29(27,28)20-10-6-8-18(16-20)22-21(26)17-7-5-9-19(15-17)23(2)3/h5-10,15-16H,4,11-14H2,1-3H3,(H,22,26). The van der Waals surface area contributed by atoms with Crippen molar-refractivity contribution in [3.05, 3.63) is 54.1 Å². The van der Waals surface area contributed by atoms with Crippen molar-refractivity contribution in [3.8, 4) is 0 Å². The van der Waals surface area contributed by atoms with E-state index in [1.165, 1.54) is 10.4 Å². The summed E-state index contributed by atoms with van der Waals surface area (Å²) in [6.45, 7) is 5.41. The maximum atomic E-state index is 13.0. The third kappa shape index (κ3) is 4.95. The Balaban J connectivity index is 1.76. The smallest absolute Gasteiger partial charge is 0.255 e. The quantitative estimate of drug-likeness (QED) is 0.783. The number of benzene rings is 2. The molecule has 0 aromatic heterocycles. The number of nitrogens with one attached hydrogen (secondary N) is 1.